The second kappa shape index (κ2) is 4.20. The van der Waals surface area contributed by atoms with E-state index in [1.54, 1.807) is 6.07 Å². The molecular formula is C10H13BrFN. The first-order valence-electron chi connectivity index (χ1n) is 4.22. The molecule has 1 aromatic rings. The lowest BCUT2D eigenvalue weighted by molar-refractivity contribution is 0.582. The Kier molecular flexibility index (Phi) is 3.45. The predicted octanol–water partition coefficient (Wildman–Crippen LogP) is 2.96. The Hall–Kier alpha value is -0.410. The Morgan fingerprint density at radius 1 is 1.54 bits per heavy atom. The predicted molar refractivity (Wildman–Crippen MR) is 56.3 cm³/mol. The van der Waals surface area contributed by atoms with Gasteiger partial charge in [-0.2, -0.15) is 0 Å². The van der Waals surface area contributed by atoms with E-state index in [4.69, 9.17) is 5.73 Å². The quantitative estimate of drug-likeness (QED) is 0.852. The van der Waals surface area contributed by atoms with Crippen LogP contribution in [0.4, 0.5) is 4.39 Å². The summed E-state index contributed by atoms with van der Waals surface area (Å²) in [6.45, 7) is 4.29. The van der Waals surface area contributed by atoms with Crippen molar-refractivity contribution in [1.29, 1.82) is 0 Å². The molecule has 0 bridgehead atoms. The summed E-state index contributed by atoms with van der Waals surface area (Å²) in [5, 5.41) is 0. The van der Waals surface area contributed by atoms with E-state index in [1.807, 2.05) is 19.9 Å². The first-order chi connectivity index (χ1) is 6.07. The highest BCUT2D eigenvalue weighted by Gasteiger charge is 2.14. The van der Waals surface area contributed by atoms with Crippen LogP contribution in [0.5, 0.6) is 0 Å². The standard InChI is InChI=1S/C10H13BrFN/c1-6-3-4-8(11)10(12)9(6)7(2)5-13/h3-4,7H,5,13H2,1-2H3. The van der Waals surface area contributed by atoms with E-state index >= 15 is 0 Å². The van der Waals surface area contributed by atoms with Crippen molar-refractivity contribution in [2.45, 2.75) is 19.8 Å². The van der Waals surface area contributed by atoms with Gasteiger partial charge in [0.15, 0.2) is 0 Å². The molecule has 2 N–H and O–H groups in total. The van der Waals surface area contributed by atoms with Crippen LogP contribution in [-0.2, 0) is 0 Å². The third-order valence-corrected chi connectivity index (χ3v) is 2.81. The summed E-state index contributed by atoms with van der Waals surface area (Å²) in [4.78, 5) is 0. The molecule has 0 saturated carbocycles. The lowest BCUT2D eigenvalue weighted by atomic mass is 9.96. The molecule has 1 nitrogen and oxygen atoms in total. The first-order valence-corrected chi connectivity index (χ1v) is 5.01. The van der Waals surface area contributed by atoms with Crippen molar-refractivity contribution in [2.24, 2.45) is 5.73 Å². The lowest BCUT2D eigenvalue weighted by Crippen LogP contribution is -2.12. The molecule has 1 unspecified atom stereocenters. The number of benzene rings is 1. The summed E-state index contributed by atoms with van der Waals surface area (Å²) >= 11 is 3.16. The second-order valence-electron chi connectivity index (χ2n) is 3.23. The summed E-state index contributed by atoms with van der Waals surface area (Å²) in [7, 11) is 0. The average molecular weight is 246 g/mol. The van der Waals surface area contributed by atoms with Crippen LogP contribution in [0.2, 0.25) is 0 Å². The topological polar surface area (TPSA) is 26.0 Å². The minimum atomic E-state index is -0.182. The maximum atomic E-state index is 13.6. The fourth-order valence-corrected chi connectivity index (χ4v) is 1.73. The van der Waals surface area contributed by atoms with E-state index in [9.17, 15) is 4.39 Å². The number of halogens is 2. The summed E-state index contributed by atoms with van der Waals surface area (Å²) in [5.74, 6) is -0.115. The van der Waals surface area contributed by atoms with Gasteiger partial charge >= 0.3 is 0 Å². The summed E-state index contributed by atoms with van der Waals surface area (Å²) in [5.41, 5.74) is 7.19. The normalized spacial score (nSPS) is 13.0. The zero-order valence-electron chi connectivity index (χ0n) is 7.77. The van der Waals surface area contributed by atoms with Gasteiger partial charge in [-0.3, -0.25) is 0 Å². The van der Waals surface area contributed by atoms with Crippen molar-refractivity contribution < 1.29 is 4.39 Å². The lowest BCUT2D eigenvalue weighted by Gasteiger charge is -2.14. The van der Waals surface area contributed by atoms with Crippen LogP contribution >= 0.6 is 15.9 Å². The molecule has 0 amide bonds. The molecule has 0 aliphatic carbocycles. The van der Waals surface area contributed by atoms with Gasteiger partial charge in [0.2, 0.25) is 0 Å². The van der Waals surface area contributed by atoms with E-state index in [0.29, 0.717) is 11.0 Å². The molecule has 0 aliphatic heterocycles. The van der Waals surface area contributed by atoms with Crippen LogP contribution in [0, 0.1) is 12.7 Å². The van der Waals surface area contributed by atoms with Crippen molar-refractivity contribution in [3.8, 4) is 0 Å². The second-order valence-corrected chi connectivity index (χ2v) is 4.08. The Morgan fingerprint density at radius 2 is 2.15 bits per heavy atom. The van der Waals surface area contributed by atoms with Gasteiger partial charge in [-0.25, -0.2) is 4.39 Å². The Morgan fingerprint density at radius 3 is 2.69 bits per heavy atom. The number of nitrogens with two attached hydrogens (primary N) is 1. The molecule has 1 rings (SSSR count). The molecule has 13 heavy (non-hydrogen) atoms. The highest BCUT2D eigenvalue weighted by molar-refractivity contribution is 9.10. The number of hydrogen-bond donors (Lipinski definition) is 1. The molecule has 0 heterocycles. The molecule has 0 spiro atoms. The number of aryl methyl sites for hydroxylation is 1. The maximum absolute atomic E-state index is 13.6. The molecule has 1 aromatic carbocycles. The third-order valence-electron chi connectivity index (χ3n) is 2.20. The van der Waals surface area contributed by atoms with Gasteiger partial charge in [-0.05, 0) is 52.5 Å². The van der Waals surface area contributed by atoms with E-state index in [0.717, 1.165) is 11.1 Å². The van der Waals surface area contributed by atoms with Crippen molar-refractivity contribution in [3.63, 3.8) is 0 Å². The van der Waals surface area contributed by atoms with Crippen LogP contribution in [0.3, 0.4) is 0 Å². The van der Waals surface area contributed by atoms with Crippen molar-refractivity contribution in [2.75, 3.05) is 6.54 Å². The maximum Gasteiger partial charge on any atom is 0.141 e. The van der Waals surface area contributed by atoms with Gasteiger partial charge < -0.3 is 5.73 Å². The number of rotatable bonds is 2. The molecule has 3 heteroatoms. The van der Waals surface area contributed by atoms with E-state index in [1.165, 1.54) is 0 Å². The van der Waals surface area contributed by atoms with Crippen molar-refractivity contribution >= 4 is 15.9 Å². The van der Waals surface area contributed by atoms with E-state index in [-0.39, 0.29) is 11.7 Å². The molecule has 0 aliphatic rings. The van der Waals surface area contributed by atoms with Gasteiger partial charge in [0, 0.05) is 0 Å². The molecule has 0 saturated heterocycles. The van der Waals surface area contributed by atoms with Crippen LogP contribution in [-0.4, -0.2) is 6.54 Å². The first kappa shape index (κ1) is 10.7. The van der Waals surface area contributed by atoms with E-state index in [2.05, 4.69) is 15.9 Å². The largest absolute Gasteiger partial charge is 0.330 e. The summed E-state index contributed by atoms with van der Waals surface area (Å²) in [6, 6.07) is 3.62. The average Bonchev–Trinajstić information content (AvgIpc) is 2.12. The minimum Gasteiger partial charge on any atom is -0.330 e. The van der Waals surface area contributed by atoms with Gasteiger partial charge in [0.05, 0.1) is 4.47 Å². The van der Waals surface area contributed by atoms with Crippen LogP contribution in [0.15, 0.2) is 16.6 Å². The fourth-order valence-electron chi connectivity index (χ4n) is 1.39. The zero-order chi connectivity index (χ0) is 10.0. The monoisotopic (exact) mass is 245 g/mol. The SMILES string of the molecule is Cc1ccc(Br)c(F)c1C(C)CN. The van der Waals surface area contributed by atoms with Crippen molar-refractivity contribution in [3.05, 3.63) is 33.5 Å². The van der Waals surface area contributed by atoms with Crippen LogP contribution < -0.4 is 5.73 Å². The van der Waals surface area contributed by atoms with Crippen LogP contribution in [0.1, 0.15) is 24.0 Å². The van der Waals surface area contributed by atoms with E-state index < -0.39 is 0 Å². The number of hydrogen-bond acceptors (Lipinski definition) is 1. The third kappa shape index (κ3) is 2.09. The van der Waals surface area contributed by atoms with Gasteiger partial charge in [-0.15, -0.1) is 0 Å². The fraction of sp³-hybridized carbons (Fsp3) is 0.400. The van der Waals surface area contributed by atoms with Crippen molar-refractivity contribution in [1.82, 2.24) is 0 Å². The molecule has 1 atom stereocenters. The van der Waals surface area contributed by atoms with Gasteiger partial charge in [-0.1, -0.05) is 13.0 Å². The van der Waals surface area contributed by atoms with Gasteiger partial charge in [0.1, 0.15) is 5.82 Å². The summed E-state index contributed by atoms with van der Waals surface area (Å²) < 4.78 is 14.1. The molecule has 0 aromatic heterocycles. The highest BCUT2D eigenvalue weighted by atomic mass is 79.9. The molecule has 0 fully saturated rings. The summed E-state index contributed by atoms with van der Waals surface area (Å²) in [6.07, 6.45) is 0. The Bertz CT molecular complexity index is 312. The Labute approximate surface area is 86.3 Å². The minimum absolute atomic E-state index is 0.0671. The smallest absolute Gasteiger partial charge is 0.141 e. The van der Waals surface area contributed by atoms with Crippen LogP contribution in [0.25, 0.3) is 0 Å². The highest BCUT2D eigenvalue weighted by Crippen LogP contribution is 2.27. The van der Waals surface area contributed by atoms with Gasteiger partial charge in [0.25, 0.3) is 0 Å². The zero-order valence-corrected chi connectivity index (χ0v) is 9.36. The Balaban J connectivity index is 3.25. The molecule has 0 radical (unpaired) electrons. The molecular weight excluding hydrogens is 233 g/mol. The molecule has 72 valence electrons.